The van der Waals surface area contributed by atoms with Gasteiger partial charge in [0.15, 0.2) is 0 Å². The standard InChI is InChI=1S/C15H21FN2O/c1-10-8-11(2-7-14(10)16)9-18-15(19)12-3-5-13(17)6-4-12/h2,7-8,12-13H,3-6,9,17H2,1H3,(H,18,19). The van der Waals surface area contributed by atoms with Gasteiger partial charge in [0, 0.05) is 18.5 Å². The molecular formula is C15H21FN2O. The van der Waals surface area contributed by atoms with Crippen LogP contribution < -0.4 is 11.1 Å². The minimum Gasteiger partial charge on any atom is -0.352 e. The lowest BCUT2D eigenvalue weighted by molar-refractivity contribution is -0.126. The number of carbonyl (C=O) groups excluding carboxylic acids is 1. The van der Waals surface area contributed by atoms with E-state index in [1.807, 2.05) is 0 Å². The first-order valence-electron chi connectivity index (χ1n) is 6.84. The van der Waals surface area contributed by atoms with Gasteiger partial charge in [0.2, 0.25) is 5.91 Å². The van der Waals surface area contributed by atoms with Crippen LogP contribution in [-0.2, 0) is 11.3 Å². The molecule has 0 spiro atoms. The Balaban J connectivity index is 1.84. The van der Waals surface area contributed by atoms with Gasteiger partial charge in [0.05, 0.1) is 0 Å². The maximum Gasteiger partial charge on any atom is 0.223 e. The Labute approximate surface area is 113 Å². The Morgan fingerprint density at radius 3 is 2.68 bits per heavy atom. The number of nitrogens with one attached hydrogen (secondary N) is 1. The fraction of sp³-hybridized carbons (Fsp3) is 0.533. The second-order valence-corrected chi connectivity index (χ2v) is 5.41. The fourth-order valence-electron chi connectivity index (χ4n) is 2.53. The molecule has 1 aliphatic rings. The Bertz CT molecular complexity index is 453. The van der Waals surface area contributed by atoms with Gasteiger partial charge in [-0.2, -0.15) is 0 Å². The van der Waals surface area contributed by atoms with Crippen LogP contribution in [0.25, 0.3) is 0 Å². The predicted molar refractivity (Wildman–Crippen MR) is 72.9 cm³/mol. The number of hydrogen-bond acceptors (Lipinski definition) is 2. The van der Waals surface area contributed by atoms with Gasteiger partial charge in [-0.25, -0.2) is 4.39 Å². The zero-order valence-electron chi connectivity index (χ0n) is 11.3. The number of rotatable bonds is 3. The van der Waals surface area contributed by atoms with Gasteiger partial charge in [-0.3, -0.25) is 4.79 Å². The molecule has 1 aromatic carbocycles. The summed E-state index contributed by atoms with van der Waals surface area (Å²) in [6.45, 7) is 2.19. The van der Waals surface area contributed by atoms with Crippen molar-refractivity contribution in [1.82, 2.24) is 5.32 Å². The van der Waals surface area contributed by atoms with Crippen LogP contribution in [0.2, 0.25) is 0 Å². The molecular weight excluding hydrogens is 243 g/mol. The smallest absolute Gasteiger partial charge is 0.223 e. The summed E-state index contributed by atoms with van der Waals surface area (Å²) in [5.74, 6) is -0.0356. The number of benzene rings is 1. The summed E-state index contributed by atoms with van der Waals surface area (Å²) < 4.78 is 13.1. The lowest BCUT2D eigenvalue weighted by atomic mass is 9.86. The highest BCUT2D eigenvalue weighted by Crippen LogP contribution is 2.23. The van der Waals surface area contributed by atoms with Gasteiger partial charge in [-0.05, 0) is 49.8 Å². The van der Waals surface area contributed by atoms with Gasteiger partial charge >= 0.3 is 0 Å². The van der Waals surface area contributed by atoms with Crippen molar-refractivity contribution >= 4 is 5.91 Å². The van der Waals surface area contributed by atoms with E-state index < -0.39 is 0 Å². The molecule has 1 amide bonds. The van der Waals surface area contributed by atoms with Crippen LogP contribution in [-0.4, -0.2) is 11.9 Å². The summed E-state index contributed by atoms with van der Waals surface area (Å²) >= 11 is 0. The number of carbonyl (C=O) groups is 1. The third-order valence-electron chi connectivity index (χ3n) is 3.83. The molecule has 3 nitrogen and oxygen atoms in total. The van der Waals surface area contributed by atoms with Crippen molar-refractivity contribution in [1.29, 1.82) is 0 Å². The molecule has 19 heavy (non-hydrogen) atoms. The molecule has 0 unspecified atom stereocenters. The normalized spacial score (nSPS) is 23.1. The zero-order valence-corrected chi connectivity index (χ0v) is 11.3. The van der Waals surface area contributed by atoms with Crippen molar-refractivity contribution in [2.45, 2.75) is 45.2 Å². The van der Waals surface area contributed by atoms with Crippen molar-refractivity contribution < 1.29 is 9.18 Å². The van der Waals surface area contributed by atoms with Crippen molar-refractivity contribution in [3.8, 4) is 0 Å². The summed E-state index contributed by atoms with van der Waals surface area (Å²) in [7, 11) is 0. The molecule has 2 rings (SSSR count). The number of halogens is 1. The Morgan fingerprint density at radius 1 is 1.37 bits per heavy atom. The van der Waals surface area contributed by atoms with Gasteiger partial charge < -0.3 is 11.1 Å². The van der Waals surface area contributed by atoms with Crippen molar-refractivity contribution in [2.75, 3.05) is 0 Å². The summed E-state index contributed by atoms with van der Waals surface area (Å²) in [5, 5.41) is 2.93. The molecule has 1 aromatic rings. The van der Waals surface area contributed by atoms with E-state index in [1.54, 1.807) is 19.1 Å². The van der Waals surface area contributed by atoms with Crippen LogP contribution in [0.1, 0.15) is 36.8 Å². The fourth-order valence-corrected chi connectivity index (χ4v) is 2.53. The molecule has 0 saturated heterocycles. The average Bonchev–Trinajstić information content (AvgIpc) is 2.40. The molecule has 0 aliphatic heterocycles. The van der Waals surface area contributed by atoms with Crippen LogP contribution in [0, 0.1) is 18.7 Å². The van der Waals surface area contributed by atoms with E-state index in [0.29, 0.717) is 12.1 Å². The lowest BCUT2D eigenvalue weighted by Gasteiger charge is -2.25. The van der Waals surface area contributed by atoms with Gasteiger partial charge in [0.25, 0.3) is 0 Å². The Hall–Kier alpha value is -1.42. The Morgan fingerprint density at radius 2 is 2.05 bits per heavy atom. The number of amides is 1. The zero-order chi connectivity index (χ0) is 13.8. The van der Waals surface area contributed by atoms with Crippen LogP contribution in [0.3, 0.4) is 0 Å². The van der Waals surface area contributed by atoms with Gasteiger partial charge in [-0.15, -0.1) is 0 Å². The molecule has 3 N–H and O–H groups in total. The van der Waals surface area contributed by atoms with E-state index in [1.165, 1.54) is 6.07 Å². The third kappa shape index (κ3) is 3.77. The average molecular weight is 264 g/mol. The van der Waals surface area contributed by atoms with Gasteiger partial charge in [0.1, 0.15) is 5.82 Å². The summed E-state index contributed by atoms with van der Waals surface area (Å²) in [6.07, 6.45) is 3.59. The minimum absolute atomic E-state index is 0.0846. The van der Waals surface area contributed by atoms with E-state index >= 15 is 0 Å². The second kappa shape index (κ2) is 6.15. The highest BCUT2D eigenvalue weighted by molar-refractivity contribution is 5.78. The number of hydrogen-bond donors (Lipinski definition) is 2. The maximum atomic E-state index is 13.1. The van der Waals surface area contributed by atoms with E-state index in [-0.39, 0.29) is 23.7 Å². The first-order chi connectivity index (χ1) is 9.06. The second-order valence-electron chi connectivity index (χ2n) is 5.41. The molecule has 0 heterocycles. The van der Waals surface area contributed by atoms with Crippen molar-refractivity contribution in [3.63, 3.8) is 0 Å². The summed E-state index contributed by atoms with van der Waals surface area (Å²) in [6, 6.07) is 5.17. The number of aryl methyl sites for hydroxylation is 1. The highest BCUT2D eigenvalue weighted by Gasteiger charge is 2.24. The molecule has 1 saturated carbocycles. The first kappa shape index (κ1) is 14.0. The van der Waals surface area contributed by atoms with E-state index in [4.69, 9.17) is 5.73 Å². The van der Waals surface area contributed by atoms with E-state index in [9.17, 15) is 9.18 Å². The molecule has 1 fully saturated rings. The van der Waals surface area contributed by atoms with E-state index in [2.05, 4.69) is 5.32 Å². The summed E-state index contributed by atoms with van der Waals surface area (Å²) in [5.41, 5.74) is 7.36. The largest absolute Gasteiger partial charge is 0.352 e. The quantitative estimate of drug-likeness (QED) is 0.880. The SMILES string of the molecule is Cc1cc(CNC(=O)C2CCC(N)CC2)ccc1F. The van der Waals surface area contributed by atoms with Crippen LogP contribution >= 0.6 is 0 Å². The first-order valence-corrected chi connectivity index (χ1v) is 6.84. The molecule has 0 radical (unpaired) electrons. The molecule has 104 valence electrons. The molecule has 4 heteroatoms. The minimum atomic E-state index is -0.212. The molecule has 0 atom stereocenters. The Kier molecular flexibility index (Phi) is 4.53. The number of nitrogens with two attached hydrogens (primary N) is 1. The van der Waals surface area contributed by atoms with Crippen molar-refractivity contribution in [2.24, 2.45) is 11.7 Å². The molecule has 1 aliphatic carbocycles. The van der Waals surface area contributed by atoms with Crippen LogP contribution in [0.15, 0.2) is 18.2 Å². The molecule has 0 bridgehead atoms. The lowest BCUT2D eigenvalue weighted by Crippen LogP contribution is -2.35. The van der Waals surface area contributed by atoms with E-state index in [0.717, 1.165) is 31.2 Å². The predicted octanol–water partition coefficient (Wildman–Crippen LogP) is 2.27. The molecule has 0 aromatic heterocycles. The van der Waals surface area contributed by atoms with Crippen molar-refractivity contribution in [3.05, 3.63) is 35.1 Å². The van der Waals surface area contributed by atoms with Crippen LogP contribution in [0.4, 0.5) is 4.39 Å². The monoisotopic (exact) mass is 264 g/mol. The topological polar surface area (TPSA) is 55.1 Å². The highest BCUT2D eigenvalue weighted by atomic mass is 19.1. The van der Waals surface area contributed by atoms with Crippen LogP contribution in [0.5, 0.6) is 0 Å². The van der Waals surface area contributed by atoms with Gasteiger partial charge in [-0.1, -0.05) is 12.1 Å². The maximum absolute atomic E-state index is 13.1. The third-order valence-corrected chi connectivity index (χ3v) is 3.83. The summed E-state index contributed by atoms with van der Waals surface area (Å²) in [4.78, 5) is 12.0.